The second kappa shape index (κ2) is 6.41. The maximum Gasteiger partial charge on any atom is 0.0438 e. The molecule has 0 amide bonds. The van der Waals surface area contributed by atoms with Crippen LogP contribution < -0.4 is 5.32 Å². The number of thiophene rings is 1. The summed E-state index contributed by atoms with van der Waals surface area (Å²) in [7, 11) is 0. The van der Waals surface area contributed by atoms with Gasteiger partial charge in [-0.15, -0.1) is 11.3 Å². The van der Waals surface area contributed by atoms with Crippen molar-refractivity contribution in [2.24, 2.45) is 17.8 Å². The summed E-state index contributed by atoms with van der Waals surface area (Å²) in [6, 6.07) is 4.90. The molecule has 0 saturated carbocycles. The van der Waals surface area contributed by atoms with Gasteiger partial charge in [0.2, 0.25) is 0 Å². The van der Waals surface area contributed by atoms with E-state index in [4.69, 9.17) is 0 Å². The molecule has 1 heterocycles. The Labute approximate surface area is 104 Å². The maximum absolute atomic E-state index is 3.71. The highest BCUT2D eigenvalue weighted by molar-refractivity contribution is 7.10. The average Bonchev–Trinajstić information content (AvgIpc) is 2.70. The van der Waals surface area contributed by atoms with Crippen molar-refractivity contribution in [3.63, 3.8) is 0 Å². The van der Waals surface area contributed by atoms with Crippen molar-refractivity contribution in [2.75, 3.05) is 6.54 Å². The van der Waals surface area contributed by atoms with Gasteiger partial charge in [-0.3, -0.25) is 0 Å². The lowest BCUT2D eigenvalue weighted by Gasteiger charge is -2.25. The van der Waals surface area contributed by atoms with Crippen LogP contribution in [0, 0.1) is 17.8 Å². The van der Waals surface area contributed by atoms with E-state index in [-0.39, 0.29) is 0 Å². The summed E-state index contributed by atoms with van der Waals surface area (Å²) in [5.41, 5.74) is 0. The Balaban J connectivity index is 2.53. The summed E-state index contributed by atoms with van der Waals surface area (Å²) >= 11 is 1.86. The minimum atomic E-state index is 0.515. The van der Waals surface area contributed by atoms with Crippen LogP contribution in [0.5, 0.6) is 0 Å². The molecule has 0 aliphatic carbocycles. The smallest absolute Gasteiger partial charge is 0.0438 e. The summed E-state index contributed by atoms with van der Waals surface area (Å²) in [4.78, 5) is 1.46. The Hall–Kier alpha value is -0.340. The summed E-state index contributed by atoms with van der Waals surface area (Å²) in [6.07, 6.45) is 0. The second-order valence-electron chi connectivity index (χ2n) is 5.37. The second-order valence-corrected chi connectivity index (χ2v) is 6.35. The minimum absolute atomic E-state index is 0.515. The van der Waals surface area contributed by atoms with Gasteiger partial charge in [-0.2, -0.15) is 0 Å². The number of hydrogen-bond acceptors (Lipinski definition) is 2. The molecule has 0 fully saturated rings. The molecule has 1 N–H and O–H groups in total. The Morgan fingerprint density at radius 1 is 1.12 bits per heavy atom. The first-order valence-electron chi connectivity index (χ1n) is 6.29. The van der Waals surface area contributed by atoms with Crippen molar-refractivity contribution < 1.29 is 0 Å². The maximum atomic E-state index is 3.71. The van der Waals surface area contributed by atoms with Crippen LogP contribution in [0.3, 0.4) is 0 Å². The fourth-order valence-electron chi connectivity index (χ4n) is 1.68. The molecule has 0 aliphatic heterocycles. The molecule has 1 rings (SSSR count). The van der Waals surface area contributed by atoms with E-state index in [0.29, 0.717) is 12.0 Å². The highest BCUT2D eigenvalue weighted by Gasteiger charge is 2.17. The van der Waals surface area contributed by atoms with Gasteiger partial charge in [0.25, 0.3) is 0 Å². The highest BCUT2D eigenvalue weighted by Crippen LogP contribution is 2.26. The first-order chi connectivity index (χ1) is 7.52. The quantitative estimate of drug-likeness (QED) is 0.779. The van der Waals surface area contributed by atoms with Crippen molar-refractivity contribution in [1.29, 1.82) is 0 Å². The van der Waals surface area contributed by atoms with E-state index in [9.17, 15) is 0 Å². The van der Waals surface area contributed by atoms with Gasteiger partial charge in [-0.1, -0.05) is 40.7 Å². The Bertz CT molecular complexity index is 277. The number of hydrogen-bond donors (Lipinski definition) is 1. The van der Waals surface area contributed by atoms with Crippen LogP contribution >= 0.6 is 11.3 Å². The van der Waals surface area contributed by atoms with Crippen LogP contribution in [-0.4, -0.2) is 6.54 Å². The normalized spacial score (nSPS) is 15.7. The van der Waals surface area contributed by atoms with Crippen LogP contribution in [0.15, 0.2) is 17.5 Å². The number of nitrogens with one attached hydrogen (secondary N) is 1. The van der Waals surface area contributed by atoms with Crippen molar-refractivity contribution in [1.82, 2.24) is 5.32 Å². The molecule has 0 spiro atoms. The predicted octanol–water partition coefficient (Wildman–Crippen LogP) is 4.33. The monoisotopic (exact) mass is 239 g/mol. The molecule has 1 aromatic rings. The number of rotatable bonds is 6. The fraction of sp³-hybridized carbons (Fsp3) is 0.714. The first kappa shape index (κ1) is 13.7. The van der Waals surface area contributed by atoms with Gasteiger partial charge in [0.1, 0.15) is 0 Å². The lowest BCUT2D eigenvalue weighted by Crippen LogP contribution is -2.30. The Morgan fingerprint density at radius 3 is 2.25 bits per heavy atom. The van der Waals surface area contributed by atoms with Gasteiger partial charge in [-0.05, 0) is 35.7 Å². The fourth-order valence-corrected chi connectivity index (χ4v) is 2.66. The standard InChI is InChI=1S/C14H25NS/c1-10(2)12(5)9-15-14(11(3)4)13-7-6-8-16-13/h6-8,10-12,14-15H,9H2,1-5H3. The SMILES string of the molecule is CC(C)C(C)CNC(c1cccs1)C(C)C. The van der Waals surface area contributed by atoms with Gasteiger partial charge < -0.3 is 5.32 Å². The minimum Gasteiger partial charge on any atom is -0.309 e. The third-order valence-corrected chi connectivity index (χ3v) is 4.27. The van der Waals surface area contributed by atoms with Gasteiger partial charge in [0.15, 0.2) is 0 Å². The molecule has 16 heavy (non-hydrogen) atoms. The molecule has 2 atom stereocenters. The average molecular weight is 239 g/mol. The topological polar surface area (TPSA) is 12.0 Å². The predicted molar refractivity (Wildman–Crippen MR) is 73.9 cm³/mol. The molecular weight excluding hydrogens is 214 g/mol. The molecule has 1 aromatic heterocycles. The van der Waals surface area contributed by atoms with E-state index in [1.54, 1.807) is 0 Å². The molecular formula is C14H25NS. The molecule has 0 aromatic carbocycles. The van der Waals surface area contributed by atoms with Gasteiger partial charge >= 0.3 is 0 Å². The highest BCUT2D eigenvalue weighted by atomic mass is 32.1. The summed E-state index contributed by atoms with van der Waals surface area (Å²) < 4.78 is 0. The van der Waals surface area contributed by atoms with E-state index in [1.807, 2.05) is 11.3 Å². The summed E-state index contributed by atoms with van der Waals surface area (Å²) in [5, 5.41) is 5.88. The lowest BCUT2D eigenvalue weighted by atomic mass is 9.96. The van der Waals surface area contributed by atoms with Crippen molar-refractivity contribution >= 4 is 11.3 Å². The van der Waals surface area contributed by atoms with Gasteiger partial charge in [-0.25, -0.2) is 0 Å². The van der Waals surface area contributed by atoms with E-state index in [1.165, 1.54) is 4.88 Å². The van der Waals surface area contributed by atoms with Gasteiger partial charge in [0, 0.05) is 10.9 Å². The molecule has 0 saturated heterocycles. The van der Waals surface area contributed by atoms with Crippen LogP contribution in [0.2, 0.25) is 0 Å². The zero-order valence-corrected chi connectivity index (χ0v) is 12.0. The van der Waals surface area contributed by atoms with Crippen LogP contribution in [0.4, 0.5) is 0 Å². The molecule has 2 heteroatoms. The van der Waals surface area contributed by atoms with Crippen molar-refractivity contribution in [2.45, 2.75) is 40.7 Å². The lowest BCUT2D eigenvalue weighted by molar-refractivity contribution is 0.337. The molecule has 2 unspecified atom stereocenters. The molecule has 92 valence electrons. The molecule has 1 nitrogen and oxygen atoms in total. The van der Waals surface area contributed by atoms with Gasteiger partial charge in [0.05, 0.1) is 0 Å². The Kier molecular flexibility index (Phi) is 5.50. The molecule has 0 bridgehead atoms. The zero-order chi connectivity index (χ0) is 12.1. The Morgan fingerprint density at radius 2 is 1.81 bits per heavy atom. The van der Waals surface area contributed by atoms with Crippen LogP contribution in [0.25, 0.3) is 0 Å². The largest absolute Gasteiger partial charge is 0.309 e. The van der Waals surface area contributed by atoms with Crippen LogP contribution in [0.1, 0.15) is 45.5 Å². The van der Waals surface area contributed by atoms with Crippen molar-refractivity contribution in [3.8, 4) is 0 Å². The molecule has 0 aliphatic rings. The van der Waals surface area contributed by atoms with E-state index < -0.39 is 0 Å². The van der Waals surface area contributed by atoms with E-state index >= 15 is 0 Å². The van der Waals surface area contributed by atoms with E-state index in [2.05, 4.69) is 57.4 Å². The zero-order valence-electron chi connectivity index (χ0n) is 11.2. The summed E-state index contributed by atoms with van der Waals surface area (Å²) in [6.45, 7) is 12.6. The van der Waals surface area contributed by atoms with E-state index in [0.717, 1.165) is 18.4 Å². The van der Waals surface area contributed by atoms with Crippen molar-refractivity contribution in [3.05, 3.63) is 22.4 Å². The van der Waals surface area contributed by atoms with Crippen LogP contribution in [-0.2, 0) is 0 Å². The first-order valence-corrected chi connectivity index (χ1v) is 7.17. The molecule has 0 radical (unpaired) electrons. The third-order valence-electron chi connectivity index (χ3n) is 3.31. The third kappa shape index (κ3) is 3.91. The summed E-state index contributed by atoms with van der Waals surface area (Å²) in [5.74, 6) is 2.14.